The number of piperazine rings is 1. The largest absolute Gasteiger partial charge is 0.480 e. The fraction of sp³-hybridized carbons (Fsp3) is 0.533. The van der Waals surface area contributed by atoms with Gasteiger partial charge in [0.2, 0.25) is 0 Å². The second kappa shape index (κ2) is 6.97. The zero-order valence-electron chi connectivity index (χ0n) is 12.2. The van der Waals surface area contributed by atoms with Crippen LogP contribution in [0.4, 0.5) is 0 Å². The molecule has 0 saturated carbocycles. The minimum absolute atomic E-state index is 0.132. The van der Waals surface area contributed by atoms with Gasteiger partial charge in [-0.25, -0.2) is 0 Å². The van der Waals surface area contributed by atoms with Gasteiger partial charge in [0.15, 0.2) is 0 Å². The van der Waals surface area contributed by atoms with Crippen LogP contribution >= 0.6 is 23.2 Å². The van der Waals surface area contributed by atoms with Crippen LogP contribution in [0.3, 0.4) is 0 Å². The average molecular weight is 331 g/mol. The fourth-order valence-electron chi connectivity index (χ4n) is 2.92. The fourth-order valence-corrected chi connectivity index (χ4v) is 3.53. The summed E-state index contributed by atoms with van der Waals surface area (Å²) in [7, 11) is 0. The van der Waals surface area contributed by atoms with Crippen LogP contribution in [0.15, 0.2) is 18.2 Å². The second-order valence-corrected chi connectivity index (χ2v) is 6.17. The lowest BCUT2D eigenvalue weighted by molar-refractivity contribution is -0.145. The van der Waals surface area contributed by atoms with Crippen LogP contribution < -0.4 is 0 Å². The number of aliphatic carboxylic acids is 1. The molecule has 0 spiro atoms. The number of carboxylic acids is 1. The summed E-state index contributed by atoms with van der Waals surface area (Å²) < 4.78 is 0. The van der Waals surface area contributed by atoms with E-state index in [-0.39, 0.29) is 6.04 Å². The molecule has 1 saturated heterocycles. The Morgan fingerprint density at radius 2 is 2.00 bits per heavy atom. The van der Waals surface area contributed by atoms with E-state index in [2.05, 4.69) is 11.8 Å². The Kier molecular flexibility index (Phi) is 5.49. The van der Waals surface area contributed by atoms with Crippen molar-refractivity contribution in [2.24, 2.45) is 0 Å². The standard InChI is InChI=1S/C15H20Cl2N2O2/c1-3-18-7-8-19(10(2)9-18)14(15(20)21)13-11(16)5-4-6-12(13)17/h4-6,10,14H,3,7-9H2,1-2H3,(H,20,21). The summed E-state index contributed by atoms with van der Waals surface area (Å²) in [5, 5.41) is 10.5. The molecule has 1 fully saturated rings. The molecule has 1 aliphatic rings. The number of likely N-dealkylation sites (N-methyl/N-ethyl adjacent to an activating group) is 1. The third-order valence-electron chi connectivity index (χ3n) is 4.05. The second-order valence-electron chi connectivity index (χ2n) is 5.36. The van der Waals surface area contributed by atoms with Gasteiger partial charge in [0, 0.05) is 41.3 Å². The summed E-state index contributed by atoms with van der Waals surface area (Å²) in [4.78, 5) is 16.1. The van der Waals surface area contributed by atoms with E-state index < -0.39 is 12.0 Å². The summed E-state index contributed by atoms with van der Waals surface area (Å²) in [6.45, 7) is 7.52. The number of benzene rings is 1. The van der Waals surface area contributed by atoms with Gasteiger partial charge in [-0.05, 0) is 25.6 Å². The first-order valence-corrected chi connectivity index (χ1v) is 7.86. The van der Waals surface area contributed by atoms with Crippen molar-refractivity contribution in [2.75, 3.05) is 26.2 Å². The molecule has 0 bridgehead atoms. The maximum Gasteiger partial charge on any atom is 0.325 e. The molecule has 0 radical (unpaired) electrons. The molecule has 4 nitrogen and oxygen atoms in total. The lowest BCUT2D eigenvalue weighted by Gasteiger charge is -2.42. The normalized spacial score (nSPS) is 22.2. The van der Waals surface area contributed by atoms with E-state index in [4.69, 9.17) is 23.2 Å². The Morgan fingerprint density at radius 3 is 2.48 bits per heavy atom. The van der Waals surface area contributed by atoms with E-state index in [1.165, 1.54) is 0 Å². The molecule has 0 amide bonds. The Balaban J connectivity index is 2.34. The van der Waals surface area contributed by atoms with Crippen LogP contribution in [0.2, 0.25) is 10.0 Å². The maximum atomic E-state index is 11.8. The van der Waals surface area contributed by atoms with Gasteiger partial charge in [-0.15, -0.1) is 0 Å². The molecular formula is C15H20Cl2N2O2. The van der Waals surface area contributed by atoms with Gasteiger partial charge in [-0.2, -0.15) is 0 Å². The molecule has 1 aromatic rings. The summed E-state index contributed by atoms with van der Waals surface area (Å²) in [5.74, 6) is -0.915. The summed E-state index contributed by atoms with van der Waals surface area (Å²) in [6, 6.07) is 4.43. The smallest absolute Gasteiger partial charge is 0.325 e. The molecule has 116 valence electrons. The molecule has 2 rings (SSSR count). The van der Waals surface area contributed by atoms with Crippen molar-refractivity contribution >= 4 is 29.2 Å². The van der Waals surface area contributed by atoms with Crippen LogP contribution in [-0.2, 0) is 4.79 Å². The molecule has 1 heterocycles. The number of hydrogen-bond donors (Lipinski definition) is 1. The minimum atomic E-state index is -0.915. The van der Waals surface area contributed by atoms with Crippen molar-refractivity contribution in [3.05, 3.63) is 33.8 Å². The number of rotatable bonds is 4. The Bertz CT molecular complexity index is 504. The van der Waals surface area contributed by atoms with E-state index in [0.29, 0.717) is 22.2 Å². The topological polar surface area (TPSA) is 43.8 Å². The van der Waals surface area contributed by atoms with Gasteiger partial charge >= 0.3 is 5.97 Å². The molecular weight excluding hydrogens is 311 g/mol. The monoisotopic (exact) mass is 330 g/mol. The predicted molar refractivity (Wildman–Crippen MR) is 85.1 cm³/mol. The quantitative estimate of drug-likeness (QED) is 0.921. The minimum Gasteiger partial charge on any atom is -0.480 e. The lowest BCUT2D eigenvalue weighted by atomic mass is 10.0. The molecule has 2 unspecified atom stereocenters. The highest BCUT2D eigenvalue weighted by Crippen LogP contribution is 2.35. The van der Waals surface area contributed by atoms with Gasteiger partial charge in [0.1, 0.15) is 6.04 Å². The first kappa shape index (κ1) is 16.6. The van der Waals surface area contributed by atoms with Crippen molar-refractivity contribution in [2.45, 2.75) is 25.9 Å². The Morgan fingerprint density at radius 1 is 1.38 bits per heavy atom. The zero-order chi connectivity index (χ0) is 15.6. The third kappa shape index (κ3) is 3.51. The van der Waals surface area contributed by atoms with Crippen molar-refractivity contribution in [1.29, 1.82) is 0 Å². The predicted octanol–water partition coefficient (Wildman–Crippen LogP) is 3.15. The average Bonchev–Trinajstić information content (AvgIpc) is 2.43. The van der Waals surface area contributed by atoms with Gasteiger partial charge in [-0.1, -0.05) is 36.2 Å². The van der Waals surface area contributed by atoms with Crippen molar-refractivity contribution in [3.8, 4) is 0 Å². The van der Waals surface area contributed by atoms with Gasteiger partial charge < -0.3 is 10.0 Å². The van der Waals surface area contributed by atoms with Crippen molar-refractivity contribution < 1.29 is 9.90 Å². The molecule has 6 heteroatoms. The van der Waals surface area contributed by atoms with Crippen LogP contribution in [0, 0.1) is 0 Å². The zero-order valence-corrected chi connectivity index (χ0v) is 13.7. The summed E-state index contributed by atoms with van der Waals surface area (Å²) in [5.41, 5.74) is 0.491. The van der Waals surface area contributed by atoms with Crippen molar-refractivity contribution in [3.63, 3.8) is 0 Å². The molecule has 21 heavy (non-hydrogen) atoms. The van der Waals surface area contributed by atoms with E-state index >= 15 is 0 Å². The number of nitrogens with zero attached hydrogens (tertiary/aromatic N) is 2. The summed E-state index contributed by atoms with van der Waals surface area (Å²) in [6.07, 6.45) is 0. The number of hydrogen-bond acceptors (Lipinski definition) is 3. The number of carboxylic acid groups (broad SMARTS) is 1. The molecule has 0 aliphatic carbocycles. The van der Waals surface area contributed by atoms with E-state index in [1.54, 1.807) is 18.2 Å². The lowest BCUT2D eigenvalue weighted by Crippen LogP contribution is -2.54. The number of halogens is 2. The first-order valence-electron chi connectivity index (χ1n) is 7.10. The highest BCUT2D eigenvalue weighted by Gasteiger charge is 2.36. The maximum absolute atomic E-state index is 11.8. The van der Waals surface area contributed by atoms with Crippen molar-refractivity contribution in [1.82, 2.24) is 9.80 Å². The molecule has 1 aliphatic heterocycles. The van der Waals surface area contributed by atoms with E-state index in [0.717, 1.165) is 19.6 Å². The molecule has 2 atom stereocenters. The SMILES string of the molecule is CCN1CCN(C(C(=O)O)c2c(Cl)cccc2Cl)C(C)C1. The Hall–Kier alpha value is -0.810. The Labute approximate surface area is 135 Å². The van der Waals surface area contributed by atoms with E-state index in [9.17, 15) is 9.90 Å². The number of carbonyl (C=O) groups is 1. The van der Waals surface area contributed by atoms with Crippen LogP contribution in [0.5, 0.6) is 0 Å². The molecule has 1 N–H and O–H groups in total. The highest BCUT2D eigenvalue weighted by atomic mass is 35.5. The summed E-state index contributed by atoms with van der Waals surface area (Å²) >= 11 is 12.4. The highest BCUT2D eigenvalue weighted by molar-refractivity contribution is 6.36. The van der Waals surface area contributed by atoms with E-state index in [1.807, 2.05) is 11.8 Å². The van der Waals surface area contributed by atoms with Gasteiger partial charge in [-0.3, -0.25) is 9.69 Å². The molecule has 1 aromatic carbocycles. The third-order valence-corrected chi connectivity index (χ3v) is 4.71. The van der Waals surface area contributed by atoms with Gasteiger partial charge in [0.25, 0.3) is 0 Å². The van der Waals surface area contributed by atoms with Crippen LogP contribution in [-0.4, -0.2) is 53.1 Å². The van der Waals surface area contributed by atoms with Crippen LogP contribution in [0.25, 0.3) is 0 Å². The first-order chi connectivity index (χ1) is 9.95. The van der Waals surface area contributed by atoms with Gasteiger partial charge in [0.05, 0.1) is 0 Å². The molecule has 0 aromatic heterocycles. The van der Waals surface area contributed by atoms with Crippen LogP contribution in [0.1, 0.15) is 25.5 Å².